The third-order valence-corrected chi connectivity index (χ3v) is 3.36. The zero-order valence-corrected chi connectivity index (χ0v) is 11.2. The van der Waals surface area contributed by atoms with Crippen LogP contribution < -0.4 is 5.73 Å². The van der Waals surface area contributed by atoms with Crippen LogP contribution in [-0.2, 0) is 0 Å². The molecular formula is C13H20ClFN2. The maximum absolute atomic E-state index is 13.1. The van der Waals surface area contributed by atoms with Gasteiger partial charge in [0.05, 0.1) is 5.02 Å². The average molecular weight is 259 g/mol. The van der Waals surface area contributed by atoms with Crippen LogP contribution in [0.3, 0.4) is 0 Å². The Morgan fingerprint density at radius 2 is 2.00 bits per heavy atom. The van der Waals surface area contributed by atoms with E-state index in [4.69, 9.17) is 17.3 Å². The third-order valence-electron chi connectivity index (χ3n) is 3.07. The number of hydrogen-bond donors (Lipinski definition) is 1. The second kappa shape index (κ2) is 6.94. The maximum atomic E-state index is 13.1. The van der Waals surface area contributed by atoms with Crippen LogP contribution in [0.25, 0.3) is 0 Å². The molecule has 0 saturated carbocycles. The number of nitrogens with two attached hydrogens (primary N) is 1. The first kappa shape index (κ1) is 14.4. The number of benzene rings is 1. The molecule has 17 heavy (non-hydrogen) atoms. The van der Waals surface area contributed by atoms with Gasteiger partial charge >= 0.3 is 0 Å². The first-order chi connectivity index (χ1) is 8.12. The fourth-order valence-electron chi connectivity index (χ4n) is 1.88. The van der Waals surface area contributed by atoms with E-state index in [2.05, 4.69) is 18.7 Å². The molecule has 0 heterocycles. The monoisotopic (exact) mass is 258 g/mol. The van der Waals surface area contributed by atoms with Crippen LogP contribution in [0, 0.1) is 5.82 Å². The van der Waals surface area contributed by atoms with Crippen LogP contribution in [0.15, 0.2) is 18.2 Å². The molecule has 2 N–H and O–H groups in total. The molecule has 0 radical (unpaired) electrons. The lowest BCUT2D eigenvalue weighted by atomic mass is 9.98. The molecule has 0 aliphatic carbocycles. The van der Waals surface area contributed by atoms with Crippen molar-refractivity contribution >= 4 is 11.6 Å². The highest BCUT2D eigenvalue weighted by molar-refractivity contribution is 6.30. The molecule has 4 heteroatoms. The summed E-state index contributed by atoms with van der Waals surface area (Å²) in [7, 11) is 0. The van der Waals surface area contributed by atoms with E-state index in [0.717, 1.165) is 25.2 Å². The van der Waals surface area contributed by atoms with E-state index in [0.29, 0.717) is 6.54 Å². The fraction of sp³-hybridized carbons (Fsp3) is 0.538. The summed E-state index contributed by atoms with van der Waals surface area (Å²) in [5.74, 6) is -0.179. The van der Waals surface area contributed by atoms with Crippen LogP contribution in [0.4, 0.5) is 4.39 Å². The molecule has 0 fully saturated rings. The summed E-state index contributed by atoms with van der Waals surface area (Å²) in [6.07, 6.45) is 0. The van der Waals surface area contributed by atoms with Crippen LogP contribution in [0.1, 0.15) is 25.3 Å². The van der Waals surface area contributed by atoms with Crippen molar-refractivity contribution in [3.63, 3.8) is 0 Å². The molecule has 0 aliphatic heterocycles. The maximum Gasteiger partial charge on any atom is 0.141 e. The summed E-state index contributed by atoms with van der Waals surface area (Å²) in [6.45, 7) is 7.64. The summed E-state index contributed by atoms with van der Waals surface area (Å²) in [5, 5.41) is 0.167. The van der Waals surface area contributed by atoms with Gasteiger partial charge in [-0.3, -0.25) is 0 Å². The SMILES string of the molecule is CCN(CC)CC(CN)c1ccc(F)c(Cl)c1. The van der Waals surface area contributed by atoms with E-state index in [1.165, 1.54) is 6.07 Å². The number of halogens is 2. The van der Waals surface area contributed by atoms with Gasteiger partial charge in [0.1, 0.15) is 5.82 Å². The minimum Gasteiger partial charge on any atom is -0.330 e. The van der Waals surface area contributed by atoms with Crippen molar-refractivity contribution in [1.82, 2.24) is 4.90 Å². The molecule has 0 amide bonds. The zero-order valence-electron chi connectivity index (χ0n) is 10.4. The largest absolute Gasteiger partial charge is 0.330 e. The summed E-state index contributed by atoms with van der Waals surface area (Å²) in [5.41, 5.74) is 6.79. The predicted octanol–water partition coefficient (Wildman–Crippen LogP) is 2.86. The number of rotatable bonds is 6. The highest BCUT2D eigenvalue weighted by atomic mass is 35.5. The normalized spacial score (nSPS) is 13.1. The Labute approximate surface area is 108 Å². The van der Waals surface area contributed by atoms with Crippen molar-refractivity contribution < 1.29 is 4.39 Å². The van der Waals surface area contributed by atoms with Gasteiger partial charge in [-0.25, -0.2) is 4.39 Å². The van der Waals surface area contributed by atoms with Gasteiger partial charge in [0, 0.05) is 19.0 Å². The average Bonchev–Trinajstić information content (AvgIpc) is 2.35. The highest BCUT2D eigenvalue weighted by Crippen LogP contribution is 2.22. The van der Waals surface area contributed by atoms with Crippen molar-refractivity contribution in [3.8, 4) is 0 Å². The van der Waals surface area contributed by atoms with E-state index < -0.39 is 0 Å². The van der Waals surface area contributed by atoms with Crippen LogP contribution in [-0.4, -0.2) is 31.1 Å². The Morgan fingerprint density at radius 1 is 1.35 bits per heavy atom. The van der Waals surface area contributed by atoms with Gasteiger partial charge in [-0.15, -0.1) is 0 Å². The van der Waals surface area contributed by atoms with Gasteiger partial charge in [0.25, 0.3) is 0 Å². The lowest BCUT2D eigenvalue weighted by Gasteiger charge is -2.24. The first-order valence-electron chi connectivity index (χ1n) is 5.99. The summed E-state index contributed by atoms with van der Waals surface area (Å²) >= 11 is 5.79. The van der Waals surface area contributed by atoms with Gasteiger partial charge in [0.2, 0.25) is 0 Å². The quantitative estimate of drug-likeness (QED) is 0.850. The van der Waals surface area contributed by atoms with Gasteiger partial charge < -0.3 is 10.6 Å². The second-order valence-electron chi connectivity index (χ2n) is 4.09. The Morgan fingerprint density at radius 3 is 2.47 bits per heavy atom. The molecule has 1 atom stereocenters. The molecule has 96 valence electrons. The lowest BCUT2D eigenvalue weighted by molar-refractivity contribution is 0.284. The molecule has 0 spiro atoms. The molecular weight excluding hydrogens is 239 g/mol. The molecule has 0 bridgehead atoms. The third kappa shape index (κ3) is 3.95. The standard InChI is InChI=1S/C13H20ClFN2/c1-3-17(4-2)9-11(8-16)10-5-6-13(15)12(14)7-10/h5-7,11H,3-4,8-9,16H2,1-2H3. The van der Waals surface area contributed by atoms with Crippen LogP contribution in [0.2, 0.25) is 5.02 Å². The van der Waals surface area contributed by atoms with Crippen molar-refractivity contribution in [2.24, 2.45) is 5.73 Å². The van der Waals surface area contributed by atoms with E-state index in [9.17, 15) is 4.39 Å². The molecule has 0 aliphatic rings. The zero-order chi connectivity index (χ0) is 12.8. The van der Waals surface area contributed by atoms with E-state index >= 15 is 0 Å². The molecule has 1 rings (SSSR count). The van der Waals surface area contributed by atoms with Crippen LogP contribution in [0.5, 0.6) is 0 Å². The number of nitrogens with zero attached hydrogens (tertiary/aromatic N) is 1. The van der Waals surface area contributed by atoms with Gasteiger partial charge in [-0.05, 0) is 30.8 Å². The molecule has 0 saturated heterocycles. The Bertz CT molecular complexity index is 353. The molecule has 1 aromatic rings. The smallest absolute Gasteiger partial charge is 0.141 e. The van der Waals surface area contributed by atoms with E-state index in [-0.39, 0.29) is 16.8 Å². The summed E-state index contributed by atoms with van der Waals surface area (Å²) < 4.78 is 13.1. The summed E-state index contributed by atoms with van der Waals surface area (Å²) in [4.78, 5) is 2.30. The lowest BCUT2D eigenvalue weighted by Crippen LogP contribution is -2.31. The number of hydrogen-bond acceptors (Lipinski definition) is 2. The summed E-state index contributed by atoms with van der Waals surface area (Å²) in [6, 6.07) is 4.85. The van der Waals surface area contributed by atoms with Crippen molar-refractivity contribution in [3.05, 3.63) is 34.6 Å². The Balaban J connectivity index is 2.82. The molecule has 1 unspecified atom stereocenters. The highest BCUT2D eigenvalue weighted by Gasteiger charge is 2.14. The van der Waals surface area contributed by atoms with E-state index in [1.807, 2.05) is 0 Å². The Hall–Kier alpha value is -0.640. The minimum atomic E-state index is -0.381. The van der Waals surface area contributed by atoms with Crippen molar-refractivity contribution in [1.29, 1.82) is 0 Å². The minimum absolute atomic E-state index is 0.167. The van der Waals surface area contributed by atoms with Gasteiger partial charge in [0.15, 0.2) is 0 Å². The molecule has 1 aromatic carbocycles. The first-order valence-corrected chi connectivity index (χ1v) is 6.37. The molecule has 2 nitrogen and oxygen atoms in total. The molecule has 0 aromatic heterocycles. The van der Waals surface area contributed by atoms with Crippen LogP contribution >= 0.6 is 11.6 Å². The second-order valence-corrected chi connectivity index (χ2v) is 4.50. The number of likely N-dealkylation sites (N-methyl/N-ethyl adjacent to an activating group) is 1. The van der Waals surface area contributed by atoms with Gasteiger partial charge in [-0.1, -0.05) is 31.5 Å². The van der Waals surface area contributed by atoms with Crippen molar-refractivity contribution in [2.75, 3.05) is 26.2 Å². The van der Waals surface area contributed by atoms with Crippen molar-refractivity contribution in [2.45, 2.75) is 19.8 Å². The fourth-order valence-corrected chi connectivity index (χ4v) is 2.06. The topological polar surface area (TPSA) is 29.3 Å². The van der Waals surface area contributed by atoms with Gasteiger partial charge in [-0.2, -0.15) is 0 Å². The van der Waals surface area contributed by atoms with E-state index in [1.54, 1.807) is 12.1 Å². The predicted molar refractivity (Wildman–Crippen MR) is 71.0 cm³/mol. The Kier molecular flexibility index (Phi) is 5.89.